The molecule has 0 radical (unpaired) electrons. The van der Waals surface area contributed by atoms with Crippen LogP contribution in [0.15, 0.2) is 48.1 Å². The van der Waals surface area contributed by atoms with Crippen molar-refractivity contribution in [1.82, 2.24) is 0 Å². The number of aliphatic hydroxyl groups is 1. The van der Waals surface area contributed by atoms with Gasteiger partial charge in [-0.2, -0.15) is 0 Å². The Hall–Kier alpha value is -1.34. The zero-order chi connectivity index (χ0) is 13.8. The van der Waals surface area contributed by atoms with E-state index in [2.05, 4.69) is 27.4 Å². The van der Waals surface area contributed by atoms with E-state index in [1.54, 1.807) is 0 Å². The lowest BCUT2D eigenvalue weighted by molar-refractivity contribution is 0.0640. The maximum atomic E-state index is 9.66. The van der Waals surface area contributed by atoms with Crippen molar-refractivity contribution in [3.05, 3.63) is 53.6 Å². The lowest BCUT2D eigenvalue weighted by atomic mass is 9.70. The minimum atomic E-state index is -0.488. The summed E-state index contributed by atoms with van der Waals surface area (Å²) in [6, 6.07) is 10.0. The second kappa shape index (κ2) is 6.01. The Labute approximate surface area is 111 Å². The Balaban J connectivity index is 0.000000184. The van der Waals surface area contributed by atoms with E-state index in [1.807, 2.05) is 43.3 Å². The number of benzene rings is 1. The van der Waals surface area contributed by atoms with Crippen molar-refractivity contribution < 1.29 is 5.11 Å². The summed E-state index contributed by atoms with van der Waals surface area (Å²) < 4.78 is 0. The second-order valence-electron chi connectivity index (χ2n) is 5.41. The van der Waals surface area contributed by atoms with Gasteiger partial charge in [-0.1, -0.05) is 62.4 Å². The lowest BCUT2D eigenvalue weighted by Crippen LogP contribution is -2.38. The van der Waals surface area contributed by atoms with Gasteiger partial charge < -0.3 is 5.11 Å². The number of hydrogen-bond acceptors (Lipinski definition) is 1. The van der Waals surface area contributed by atoms with Gasteiger partial charge in [0, 0.05) is 6.42 Å². The van der Waals surface area contributed by atoms with Crippen LogP contribution in [0.5, 0.6) is 0 Å². The maximum Gasteiger partial charge on any atom is 0.0870 e. The Morgan fingerprint density at radius 2 is 1.83 bits per heavy atom. The summed E-state index contributed by atoms with van der Waals surface area (Å²) in [5, 5.41) is 9.66. The highest BCUT2D eigenvalue weighted by Gasteiger charge is 2.37. The predicted octanol–water partition coefficient (Wildman–Crippen LogP) is 4.44. The smallest absolute Gasteiger partial charge is 0.0870 e. The van der Waals surface area contributed by atoms with Crippen LogP contribution in [0.4, 0.5) is 0 Å². The monoisotopic (exact) mass is 244 g/mol. The van der Waals surface area contributed by atoms with Crippen molar-refractivity contribution in [2.75, 3.05) is 0 Å². The molecule has 1 nitrogen and oxygen atoms in total. The molecule has 1 heteroatoms. The molecule has 1 aliphatic carbocycles. The molecule has 0 aliphatic heterocycles. The minimum absolute atomic E-state index is 0.488. The van der Waals surface area contributed by atoms with Gasteiger partial charge in [0.2, 0.25) is 0 Å². The third-order valence-corrected chi connectivity index (χ3v) is 3.26. The molecule has 1 atom stereocenters. The highest BCUT2D eigenvalue weighted by molar-refractivity contribution is 5.45. The Kier molecular flexibility index (Phi) is 4.92. The molecule has 0 aromatic heterocycles. The molecule has 0 saturated heterocycles. The van der Waals surface area contributed by atoms with E-state index in [0.717, 1.165) is 6.42 Å². The van der Waals surface area contributed by atoms with Crippen LogP contribution in [-0.4, -0.2) is 10.7 Å². The van der Waals surface area contributed by atoms with Crippen LogP contribution >= 0.6 is 0 Å². The Morgan fingerprint density at radius 1 is 1.28 bits per heavy atom. The Morgan fingerprint density at radius 3 is 2.06 bits per heavy atom. The summed E-state index contributed by atoms with van der Waals surface area (Å²) in [6.45, 7) is 11.9. The summed E-state index contributed by atoms with van der Waals surface area (Å²) in [7, 11) is 0. The molecule has 2 rings (SSSR count). The van der Waals surface area contributed by atoms with Crippen LogP contribution < -0.4 is 0 Å². The molecule has 0 saturated carbocycles. The van der Waals surface area contributed by atoms with Crippen molar-refractivity contribution >= 4 is 6.08 Å². The van der Waals surface area contributed by atoms with E-state index in [4.69, 9.17) is 0 Å². The first-order valence-corrected chi connectivity index (χ1v) is 6.48. The average Bonchev–Trinajstić information content (AvgIpc) is 2.28. The molecule has 1 unspecified atom stereocenters. The predicted molar refractivity (Wildman–Crippen MR) is 79.3 cm³/mol. The van der Waals surface area contributed by atoms with E-state index in [9.17, 15) is 5.11 Å². The molecule has 0 spiro atoms. The fourth-order valence-corrected chi connectivity index (χ4v) is 2.76. The SMILES string of the molecule is C=Cc1ccccc1.CC1=C(C(C)C)C(C)(O)C1. The summed E-state index contributed by atoms with van der Waals surface area (Å²) in [4.78, 5) is 0. The molecule has 0 bridgehead atoms. The van der Waals surface area contributed by atoms with Gasteiger partial charge in [0.25, 0.3) is 0 Å². The summed E-state index contributed by atoms with van der Waals surface area (Å²) in [5.74, 6) is 0.503. The lowest BCUT2D eigenvalue weighted by Gasteiger charge is -2.40. The summed E-state index contributed by atoms with van der Waals surface area (Å²) in [6.07, 6.45) is 2.69. The summed E-state index contributed by atoms with van der Waals surface area (Å²) >= 11 is 0. The molecule has 0 amide bonds. The van der Waals surface area contributed by atoms with Gasteiger partial charge in [-0.25, -0.2) is 0 Å². The van der Waals surface area contributed by atoms with Crippen molar-refractivity contribution in [3.63, 3.8) is 0 Å². The number of rotatable bonds is 2. The molecular formula is C17H24O. The fraction of sp³-hybridized carbons (Fsp3) is 0.412. The first kappa shape index (κ1) is 14.7. The van der Waals surface area contributed by atoms with E-state index >= 15 is 0 Å². The molecule has 0 fully saturated rings. The topological polar surface area (TPSA) is 20.2 Å². The van der Waals surface area contributed by atoms with Crippen molar-refractivity contribution in [2.45, 2.75) is 39.7 Å². The van der Waals surface area contributed by atoms with E-state index < -0.39 is 5.60 Å². The second-order valence-corrected chi connectivity index (χ2v) is 5.41. The van der Waals surface area contributed by atoms with Crippen LogP contribution in [0.3, 0.4) is 0 Å². The molecule has 18 heavy (non-hydrogen) atoms. The fourth-order valence-electron chi connectivity index (χ4n) is 2.76. The van der Waals surface area contributed by atoms with Gasteiger partial charge in [-0.05, 0) is 30.9 Å². The normalized spacial score (nSPS) is 22.1. The molecule has 98 valence electrons. The van der Waals surface area contributed by atoms with Crippen LogP contribution in [0.25, 0.3) is 6.08 Å². The summed E-state index contributed by atoms with van der Waals surface area (Å²) in [5.41, 5.74) is 3.30. The van der Waals surface area contributed by atoms with Crippen LogP contribution in [0.1, 0.15) is 39.7 Å². The highest BCUT2D eigenvalue weighted by atomic mass is 16.3. The van der Waals surface area contributed by atoms with E-state index in [-0.39, 0.29) is 0 Å². The van der Waals surface area contributed by atoms with Crippen LogP contribution in [0.2, 0.25) is 0 Å². The Bertz CT molecular complexity index is 424. The van der Waals surface area contributed by atoms with Gasteiger partial charge in [-0.3, -0.25) is 0 Å². The maximum absolute atomic E-state index is 9.66. The molecule has 1 aromatic carbocycles. The molecular weight excluding hydrogens is 220 g/mol. The highest BCUT2D eigenvalue weighted by Crippen LogP contribution is 2.41. The van der Waals surface area contributed by atoms with Crippen molar-refractivity contribution in [1.29, 1.82) is 0 Å². The molecule has 1 N–H and O–H groups in total. The van der Waals surface area contributed by atoms with Gasteiger partial charge in [0.05, 0.1) is 5.60 Å². The van der Waals surface area contributed by atoms with Crippen molar-refractivity contribution in [3.8, 4) is 0 Å². The van der Waals surface area contributed by atoms with Gasteiger partial charge in [0.1, 0.15) is 0 Å². The van der Waals surface area contributed by atoms with Gasteiger partial charge >= 0.3 is 0 Å². The minimum Gasteiger partial charge on any atom is -0.385 e. The third kappa shape index (κ3) is 3.58. The van der Waals surface area contributed by atoms with E-state index in [0.29, 0.717) is 5.92 Å². The van der Waals surface area contributed by atoms with Gasteiger partial charge in [0.15, 0.2) is 0 Å². The standard InChI is InChI=1S/C9H16O.C8H8/c1-6(2)8-7(3)5-9(8,4)10;1-2-8-6-4-3-5-7-8/h6,10H,5H2,1-4H3;2-7H,1H2. The average molecular weight is 244 g/mol. The quantitative estimate of drug-likeness (QED) is 0.762. The van der Waals surface area contributed by atoms with Crippen LogP contribution in [-0.2, 0) is 0 Å². The largest absolute Gasteiger partial charge is 0.385 e. The third-order valence-electron chi connectivity index (χ3n) is 3.26. The zero-order valence-corrected chi connectivity index (χ0v) is 11.9. The first-order valence-electron chi connectivity index (χ1n) is 6.48. The van der Waals surface area contributed by atoms with Crippen molar-refractivity contribution in [2.24, 2.45) is 5.92 Å². The molecule has 0 heterocycles. The van der Waals surface area contributed by atoms with Crippen LogP contribution in [0, 0.1) is 5.92 Å². The zero-order valence-electron chi connectivity index (χ0n) is 11.9. The number of hydrogen-bond donors (Lipinski definition) is 1. The first-order chi connectivity index (χ1) is 8.38. The molecule has 1 aliphatic rings. The molecule has 1 aromatic rings. The van der Waals surface area contributed by atoms with Gasteiger partial charge in [-0.15, -0.1) is 0 Å². The van der Waals surface area contributed by atoms with E-state index in [1.165, 1.54) is 16.7 Å².